The third kappa shape index (κ3) is 5.07. The van der Waals surface area contributed by atoms with Crippen molar-refractivity contribution in [3.63, 3.8) is 0 Å². The summed E-state index contributed by atoms with van der Waals surface area (Å²) in [6.45, 7) is 0. The van der Waals surface area contributed by atoms with Gasteiger partial charge < -0.3 is 10.6 Å². The monoisotopic (exact) mass is 453 g/mol. The smallest absolute Gasteiger partial charge is 0.252 e. The molecule has 33 heavy (non-hydrogen) atoms. The predicted molar refractivity (Wildman–Crippen MR) is 132 cm³/mol. The van der Waals surface area contributed by atoms with Crippen LogP contribution in [0.4, 0.5) is 5.69 Å². The lowest BCUT2D eigenvalue weighted by atomic mass is 10.1. The minimum absolute atomic E-state index is 0.0945. The van der Waals surface area contributed by atoms with Crippen LogP contribution in [0.1, 0.15) is 34.0 Å². The van der Waals surface area contributed by atoms with E-state index >= 15 is 0 Å². The zero-order valence-electron chi connectivity index (χ0n) is 17.9. The number of carbonyl (C=O) groups is 2. The Balaban J connectivity index is 1.50. The third-order valence-electron chi connectivity index (χ3n) is 5.47. The molecule has 6 heteroatoms. The van der Waals surface area contributed by atoms with E-state index in [1.807, 2.05) is 84.9 Å². The van der Waals surface area contributed by atoms with Crippen LogP contribution in [-0.2, 0) is 4.79 Å². The number of amides is 2. The lowest BCUT2D eigenvalue weighted by molar-refractivity contribution is -0.115. The molecular formula is C27H23N3O2S. The Hall–Kier alpha value is -3.64. The number of fused-ring (bicyclic) bond motifs is 1. The maximum atomic E-state index is 13.3. The van der Waals surface area contributed by atoms with Crippen molar-refractivity contribution >= 4 is 40.2 Å². The SMILES string of the molecule is O=C(NC1CC1)c1cc(SC(C(=O)Nc2ccccc2)c2ccccc2)nc2ccccc12. The molecule has 1 unspecified atom stereocenters. The van der Waals surface area contributed by atoms with E-state index in [4.69, 9.17) is 4.98 Å². The molecule has 1 aliphatic carbocycles. The summed E-state index contributed by atoms with van der Waals surface area (Å²) >= 11 is 1.35. The number of para-hydroxylation sites is 2. The van der Waals surface area contributed by atoms with Crippen molar-refractivity contribution in [2.75, 3.05) is 5.32 Å². The first-order chi connectivity index (χ1) is 16.2. The summed E-state index contributed by atoms with van der Waals surface area (Å²) in [5, 5.41) is 6.99. The van der Waals surface area contributed by atoms with E-state index in [2.05, 4.69) is 10.6 Å². The highest BCUT2D eigenvalue weighted by molar-refractivity contribution is 8.00. The fourth-order valence-electron chi connectivity index (χ4n) is 3.64. The molecule has 1 aromatic heterocycles. The van der Waals surface area contributed by atoms with Crippen molar-refractivity contribution in [1.82, 2.24) is 10.3 Å². The van der Waals surface area contributed by atoms with Gasteiger partial charge in [-0.05, 0) is 42.7 Å². The summed E-state index contributed by atoms with van der Waals surface area (Å²) in [6, 6.07) is 28.7. The van der Waals surface area contributed by atoms with Crippen LogP contribution in [-0.4, -0.2) is 22.8 Å². The van der Waals surface area contributed by atoms with Gasteiger partial charge in [-0.25, -0.2) is 4.98 Å². The van der Waals surface area contributed by atoms with E-state index in [9.17, 15) is 9.59 Å². The van der Waals surface area contributed by atoms with Gasteiger partial charge in [-0.3, -0.25) is 9.59 Å². The number of carbonyl (C=O) groups excluding carboxylic acids is 2. The second-order valence-corrected chi connectivity index (χ2v) is 9.16. The van der Waals surface area contributed by atoms with E-state index in [-0.39, 0.29) is 17.9 Å². The maximum Gasteiger partial charge on any atom is 0.252 e. The number of pyridine rings is 1. The molecule has 0 aliphatic heterocycles. The first kappa shape index (κ1) is 21.2. The normalized spacial score (nSPS) is 13.9. The average molecular weight is 454 g/mol. The summed E-state index contributed by atoms with van der Waals surface area (Å²) in [5.41, 5.74) is 2.93. The number of nitrogens with zero attached hydrogens (tertiary/aromatic N) is 1. The Morgan fingerprint density at radius 3 is 2.27 bits per heavy atom. The molecule has 4 aromatic rings. The molecule has 0 spiro atoms. The topological polar surface area (TPSA) is 71.1 Å². The van der Waals surface area contributed by atoms with Crippen LogP contribution in [0.5, 0.6) is 0 Å². The van der Waals surface area contributed by atoms with E-state index in [0.29, 0.717) is 10.6 Å². The summed E-state index contributed by atoms with van der Waals surface area (Å²) in [7, 11) is 0. The Labute approximate surface area is 196 Å². The summed E-state index contributed by atoms with van der Waals surface area (Å²) in [6.07, 6.45) is 2.04. The Morgan fingerprint density at radius 1 is 0.879 bits per heavy atom. The summed E-state index contributed by atoms with van der Waals surface area (Å²) in [4.78, 5) is 31.1. The molecule has 164 valence electrons. The summed E-state index contributed by atoms with van der Waals surface area (Å²) < 4.78 is 0. The van der Waals surface area contributed by atoms with Crippen LogP contribution < -0.4 is 10.6 Å². The van der Waals surface area contributed by atoms with Gasteiger partial charge in [-0.15, -0.1) is 0 Å². The molecule has 1 atom stereocenters. The standard InChI is InChI=1S/C27H23N3O2S/c31-26(28-20-15-16-20)22-17-24(30-23-14-8-7-13-21(22)23)33-25(18-9-3-1-4-10-18)27(32)29-19-11-5-2-6-12-19/h1-14,17,20,25H,15-16H2,(H,28,31)(H,29,32). The number of benzene rings is 3. The van der Waals surface area contributed by atoms with Gasteiger partial charge in [0.1, 0.15) is 5.25 Å². The highest BCUT2D eigenvalue weighted by Crippen LogP contribution is 2.37. The van der Waals surface area contributed by atoms with Gasteiger partial charge in [0.25, 0.3) is 5.91 Å². The van der Waals surface area contributed by atoms with Crippen molar-refractivity contribution in [3.05, 3.63) is 102 Å². The molecule has 1 heterocycles. The fourth-order valence-corrected chi connectivity index (χ4v) is 4.68. The number of nitrogens with one attached hydrogen (secondary N) is 2. The molecule has 5 rings (SSSR count). The lowest BCUT2D eigenvalue weighted by Gasteiger charge is -2.18. The molecule has 3 aromatic carbocycles. The number of anilines is 1. The second kappa shape index (κ2) is 9.46. The van der Waals surface area contributed by atoms with Gasteiger partial charge >= 0.3 is 0 Å². The number of rotatable bonds is 7. The molecule has 0 radical (unpaired) electrons. The van der Waals surface area contributed by atoms with Crippen LogP contribution in [0.25, 0.3) is 10.9 Å². The molecular weight excluding hydrogens is 430 g/mol. The highest BCUT2D eigenvalue weighted by atomic mass is 32.2. The molecule has 5 nitrogen and oxygen atoms in total. The second-order valence-electron chi connectivity index (χ2n) is 8.04. The predicted octanol–water partition coefficient (Wildman–Crippen LogP) is 5.60. The molecule has 0 saturated heterocycles. The van der Waals surface area contributed by atoms with Crippen LogP contribution >= 0.6 is 11.8 Å². The van der Waals surface area contributed by atoms with Crippen LogP contribution in [0.15, 0.2) is 96.0 Å². The minimum Gasteiger partial charge on any atom is -0.349 e. The Morgan fingerprint density at radius 2 is 1.55 bits per heavy atom. The Kier molecular flexibility index (Phi) is 6.09. The van der Waals surface area contributed by atoms with Crippen LogP contribution in [0, 0.1) is 0 Å². The van der Waals surface area contributed by atoms with Crippen molar-refractivity contribution in [3.8, 4) is 0 Å². The van der Waals surface area contributed by atoms with Gasteiger partial charge in [0, 0.05) is 17.1 Å². The maximum absolute atomic E-state index is 13.3. The number of hydrogen-bond donors (Lipinski definition) is 2. The largest absolute Gasteiger partial charge is 0.349 e. The molecule has 1 saturated carbocycles. The van der Waals surface area contributed by atoms with Crippen molar-refractivity contribution < 1.29 is 9.59 Å². The van der Waals surface area contributed by atoms with E-state index in [0.717, 1.165) is 35.0 Å². The minimum atomic E-state index is -0.528. The molecule has 2 amide bonds. The first-order valence-corrected chi connectivity index (χ1v) is 11.8. The number of aromatic nitrogens is 1. The molecule has 1 fully saturated rings. The van der Waals surface area contributed by atoms with E-state index in [1.165, 1.54) is 11.8 Å². The highest BCUT2D eigenvalue weighted by Gasteiger charge is 2.27. The van der Waals surface area contributed by atoms with Gasteiger partial charge in [0.05, 0.1) is 16.1 Å². The fraction of sp³-hybridized carbons (Fsp3) is 0.148. The molecule has 0 bridgehead atoms. The average Bonchev–Trinajstić information content (AvgIpc) is 3.67. The number of hydrogen-bond acceptors (Lipinski definition) is 4. The van der Waals surface area contributed by atoms with Crippen LogP contribution in [0.3, 0.4) is 0 Å². The van der Waals surface area contributed by atoms with Crippen molar-refractivity contribution in [1.29, 1.82) is 0 Å². The third-order valence-corrected chi connectivity index (χ3v) is 6.64. The molecule has 2 N–H and O–H groups in total. The quantitative estimate of drug-likeness (QED) is 0.357. The molecule has 1 aliphatic rings. The van der Waals surface area contributed by atoms with Gasteiger partial charge in [-0.1, -0.05) is 78.5 Å². The van der Waals surface area contributed by atoms with Crippen molar-refractivity contribution in [2.24, 2.45) is 0 Å². The Bertz CT molecular complexity index is 1290. The first-order valence-electron chi connectivity index (χ1n) is 11.0. The van der Waals surface area contributed by atoms with E-state index in [1.54, 1.807) is 6.07 Å². The summed E-state index contributed by atoms with van der Waals surface area (Å²) in [5.74, 6) is -0.237. The van der Waals surface area contributed by atoms with Gasteiger partial charge in [-0.2, -0.15) is 0 Å². The van der Waals surface area contributed by atoms with Crippen molar-refractivity contribution in [2.45, 2.75) is 29.2 Å². The van der Waals surface area contributed by atoms with Crippen LogP contribution in [0.2, 0.25) is 0 Å². The van der Waals surface area contributed by atoms with Gasteiger partial charge in [0.15, 0.2) is 0 Å². The van der Waals surface area contributed by atoms with E-state index < -0.39 is 5.25 Å². The zero-order valence-corrected chi connectivity index (χ0v) is 18.7. The lowest BCUT2D eigenvalue weighted by Crippen LogP contribution is -2.25. The van der Waals surface area contributed by atoms with Gasteiger partial charge in [0.2, 0.25) is 5.91 Å². The number of thioether (sulfide) groups is 1. The zero-order chi connectivity index (χ0) is 22.6.